The predicted octanol–water partition coefficient (Wildman–Crippen LogP) is 4.59. The lowest BCUT2D eigenvalue weighted by molar-refractivity contribution is 0.900. The molecule has 0 atom stereocenters. The van der Waals surface area contributed by atoms with Crippen molar-refractivity contribution in [2.24, 2.45) is 0 Å². The van der Waals surface area contributed by atoms with E-state index in [9.17, 15) is 0 Å². The predicted molar refractivity (Wildman–Crippen MR) is 74.5 cm³/mol. The quantitative estimate of drug-likeness (QED) is 0.720. The van der Waals surface area contributed by atoms with Crippen LogP contribution in [0.1, 0.15) is 17.7 Å². The summed E-state index contributed by atoms with van der Waals surface area (Å²) in [4.78, 5) is 8.88. The van der Waals surface area contributed by atoms with Gasteiger partial charge in [0.25, 0.3) is 0 Å². The maximum atomic E-state index is 6.19. The zero-order valence-corrected chi connectivity index (χ0v) is 11.6. The van der Waals surface area contributed by atoms with E-state index in [1.54, 1.807) is 12.1 Å². The molecule has 0 spiro atoms. The van der Waals surface area contributed by atoms with Crippen LogP contribution in [0.3, 0.4) is 0 Å². The number of halogens is 3. The van der Waals surface area contributed by atoms with Crippen molar-refractivity contribution in [1.29, 1.82) is 0 Å². The number of aryl methyl sites for hydroxylation is 1. The monoisotopic (exact) mass is 298 g/mol. The van der Waals surface area contributed by atoms with Gasteiger partial charge in [0.15, 0.2) is 5.82 Å². The molecular weight excluding hydrogens is 291 g/mol. The van der Waals surface area contributed by atoms with Gasteiger partial charge in [-0.25, -0.2) is 9.97 Å². The number of fused-ring (bicyclic) bond motifs is 1. The Kier molecular flexibility index (Phi) is 3.18. The first-order valence-corrected chi connectivity index (χ1v) is 6.79. The molecule has 2 aromatic rings. The van der Waals surface area contributed by atoms with Crippen LogP contribution >= 0.6 is 34.8 Å². The topological polar surface area (TPSA) is 25.8 Å². The molecular formula is C13H9Cl3N2. The lowest BCUT2D eigenvalue weighted by Gasteiger charge is -2.07. The van der Waals surface area contributed by atoms with Gasteiger partial charge in [-0.05, 0) is 37.5 Å². The summed E-state index contributed by atoms with van der Waals surface area (Å²) in [7, 11) is 0. The van der Waals surface area contributed by atoms with Crippen molar-refractivity contribution in [3.63, 3.8) is 0 Å². The lowest BCUT2D eigenvalue weighted by Crippen LogP contribution is -1.97. The molecule has 1 aromatic heterocycles. The molecule has 0 bridgehead atoms. The molecule has 0 radical (unpaired) electrons. The zero-order valence-electron chi connectivity index (χ0n) is 9.38. The van der Waals surface area contributed by atoms with Crippen LogP contribution in [0, 0.1) is 0 Å². The fourth-order valence-electron chi connectivity index (χ4n) is 2.18. The van der Waals surface area contributed by atoms with Crippen LogP contribution in [0.4, 0.5) is 0 Å². The molecule has 18 heavy (non-hydrogen) atoms. The third kappa shape index (κ3) is 2.09. The first-order chi connectivity index (χ1) is 8.65. The molecule has 0 amide bonds. The molecule has 0 N–H and O–H groups in total. The summed E-state index contributed by atoms with van der Waals surface area (Å²) in [6, 6.07) is 5.27. The Hall–Kier alpha value is -0.830. The Bertz CT molecular complexity index is 626. The summed E-state index contributed by atoms with van der Waals surface area (Å²) in [6.07, 6.45) is 3.00. The van der Waals surface area contributed by atoms with Crippen molar-refractivity contribution in [1.82, 2.24) is 9.97 Å². The van der Waals surface area contributed by atoms with Crippen molar-refractivity contribution in [2.45, 2.75) is 19.3 Å². The van der Waals surface area contributed by atoms with Gasteiger partial charge in [-0.1, -0.05) is 34.8 Å². The van der Waals surface area contributed by atoms with E-state index in [0.29, 0.717) is 21.0 Å². The molecule has 0 saturated heterocycles. The van der Waals surface area contributed by atoms with Gasteiger partial charge >= 0.3 is 0 Å². The molecule has 1 aromatic carbocycles. The highest BCUT2D eigenvalue weighted by Gasteiger charge is 2.19. The molecule has 0 aliphatic heterocycles. The van der Waals surface area contributed by atoms with E-state index in [0.717, 1.165) is 36.1 Å². The summed E-state index contributed by atoms with van der Waals surface area (Å²) < 4.78 is 0. The van der Waals surface area contributed by atoms with Crippen LogP contribution in [-0.2, 0) is 12.8 Å². The SMILES string of the molecule is Clc1ccc(-c2nc(Cl)c3c(n2)CCC3)c(Cl)c1. The molecule has 0 unspecified atom stereocenters. The number of benzene rings is 1. The van der Waals surface area contributed by atoms with Crippen molar-refractivity contribution >= 4 is 34.8 Å². The van der Waals surface area contributed by atoms with Crippen LogP contribution in [0.15, 0.2) is 18.2 Å². The van der Waals surface area contributed by atoms with Crippen molar-refractivity contribution < 1.29 is 0 Å². The fourth-order valence-corrected chi connectivity index (χ4v) is 2.95. The van der Waals surface area contributed by atoms with Crippen LogP contribution in [0.2, 0.25) is 15.2 Å². The van der Waals surface area contributed by atoms with Crippen molar-refractivity contribution in [2.75, 3.05) is 0 Å². The highest BCUT2D eigenvalue weighted by atomic mass is 35.5. The number of rotatable bonds is 1. The third-order valence-corrected chi connectivity index (χ3v) is 3.92. The molecule has 92 valence electrons. The molecule has 1 heterocycles. The first kappa shape index (κ1) is 12.2. The molecule has 3 rings (SSSR count). The number of nitrogens with zero attached hydrogens (tertiary/aromatic N) is 2. The Morgan fingerprint density at radius 2 is 1.83 bits per heavy atom. The average Bonchev–Trinajstić information content (AvgIpc) is 2.77. The zero-order chi connectivity index (χ0) is 12.7. The molecule has 2 nitrogen and oxygen atoms in total. The summed E-state index contributed by atoms with van der Waals surface area (Å²) in [5.41, 5.74) is 2.87. The van der Waals surface area contributed by atoms with Crippen LogP contribution in [-0.4, -0.2) is 9.97 Å². The largest absolute Gasteiger partial charge is 0.233 e. The van der Waals surface area contributed by atoms with Crippen molar-refractivity contribution in [3.05, 3.63) is 44.7 Å². The van der Waals surface area contributed by atoms with E-state index < -0.39 is 0 Å². The van der Waals surface area contributed by atoms with Crippen LogP contribution < -0.4 is 0 Å². The summed E-state index contributed by atoms with van der Waals surface area (Å²) in [6.45, 7) is 0. The van der Waals surface area contributed by atoms with Crippen LogP contribution in [0.25, 0.3) is 11.4 Å². The molecule has 5 heteroatoms. The van der Waals surface area contributed by atoms with E-state index in [2.05, 4.69) is 9.97 Å². The Labute approximate surface area is 120 Å². The number of hydrogen-bond donors (Lipinski definition) is 0. The number of hydrogen-bond acceptors (Lipinski definition) is 2. The van der Waals surface area contributed by atoms with Gasteiger partial charge in [-0.2, -0.15) is 0 Å². The highest BCUT2D eigenvalue weighted by Crippen LogP contribution is 2.32. The second-order valence-corrected chi connectivity index (χ2v) is 5.44. The molecule has 0 saturated carbocycles. The molecule has 1 aliphatic rings. The summed E-state index contributed by atoms with van der Waals surface area (Å²) >= 11 is 18.2. The lowest BCUT2D eigenvalue weighted by atomic mass is 10.2. The fraction of sp³-hybridized carbons (Fsp3) is 0.231. The van der Waals surface area contributed by atoms with Gasteiger partial charge in [-0.15, -0.1) is 0 Å². The van der Waals surface area contributed by atoms with Gasteiger partial charge < -0.3 is 0 Å². The summed E-state index contributed by atoms with van der Waals surface area (Å²) in [5, 5.41) is 1.67. The Balaban J connectivity index is 2.15. The van der Waals surface area contributed by atoms with E-state index >= 15 is 0 Å². The standard InChI is InChI=1S/C13H9Cl3N2/c14-7-4-5-8(10(15)6-7)13-17-11-3-1-2-9(11)12(16)18-13/h4-6H,1-3H2. The maximum Gasteiger partial charge on any atom is 0.162 e. The van der Waals surface area contributed by atoms with E-state index in [-0.39, 0.29) is 0 Å². The third-order valence-electron chi connectivity index (χ3n) is 3.05. The second-order valence-electron chi connectivity index (χ2n) is 4.24. The van der Waals surface area contributed by atoms with E-state index in [1.807, 2.05) is 6.07 Å². The Morgan fingerprint density at radius 3 is 2.61 bits per heavy atom. The molecule has 0 fully saturated rings. The Morgan fingerprint density at radius 1 is 1.00 bits per heavy atom. The minimum atomic E-state index is 0.538. The summed E-state index contributed by atoms with van der Waals surface area (Å²) in [5.74, 6) is 0.572. The number of aromatic nitrogens is 2. The van der Waals surface area contributed by atoms with Gasteiger partial charge in [0.2, 0.25) is 0 Å². The smallest absolute Gasteiger partial charge is 0.162 e. The maximum absolute atomic E-state index is 6.19. The van der Waals surface area contributed by atoms with Gasteiger partial charge in [0, 0.05) is 21.8 Å². The van der Waals surface area contributed by atoms with E-state index in [4.69, 9.17) is 34.8 Å². The normalized spacial score (nSPS) is 13.7. The van der Waals surface area contributed by atoms with Crippen molar-refractivity contribution in [3.8, 4) is 11.4 Å². The van der Waals surface area contributed by atoms with Gasteiger partial charge in [0.05, 0.1) is 5.02 Å². The minimum absolute atomic E-state index is 0.538. The van der Waals surface area contributed by atoms with Gasteiger partial charge in [0.1, 0.15) is 5.15 Å². The average molecular weight is 300 g/mol. The minimum Gasteiger partial charge on any atom is -0.233 e. The first-order valence-electron chi connectivity index (χ1n) is 5.66. The molecule has 1 aliphatic carbocycles. The van der Waals surface area contributed by atoms with E-state index in [1.165, 1.54) is 0 Å². The van der Waals surface area contributed by atoms with Gasteiger partial charge in [-0.3, -0.25) is 0 Å². The second kappa shape index (κ2) is 4.69. The van der Waals surface area contributed by atoms with Crippen LogP contribution in [0.5, 0.6) is 0 Å². The highest BCUT2D eigenvalue weighted by molar-refractivity contribution is 6.36.